The van der Waals surface area contributed by atoms with Gasteiger partial charge in [-0.2, -0.15) is 0 Å². The second-order valence-electron chi connectivity index (χ2n) is 7.83. The fourth-order valence-electron chi connectivity index (χ4n) is 3.99. The summed E-state index contributed by atoms with van der Waals surface area (Å²) >= 11 is 0. The van der Waals surface area contributed by atoms with Gasteiger partial charge in [0.05, 0.1) is 4.90 Å². The monoisotopic (exact) mass is 428 g/mol. The molecule has 2 N–H and O–H groups in total. The molecule has 1 fully saturated rings. The largest absolute Gasteiger partial charge is 0.356 e. The first kappa shape index (κ1) is 22.0. The SMILES string of the molecule is CCNC(=O)[C@H]1CC[C@@H](CNC(=O)c2ccc(-c3ccccc3S(C)(=O)=O)cc2)C1. The topological polar surface area (TPSA) is 92.3 Å². The normalized spacial score (nSPS) is 18.7. The van der Waals surface area contributed by atoms with Crippen LogP contribution in [0.15, 0.2) is 53.4 Å². The van der Waals surface area contributed by atoms with Crippen LogP contribution >= 0.6 is 0 Å². The molecule has 2 aromatic carbocycles. The van der Waals surface area contributed by atoms with E-state index in [1.807, 2.05) is 6.92 Å². The van der Waals surface area contributed by atoms with Crippen LogP contribution in [0.25, 0.3) is 11.1 Å². The Bertz CT molecular complexity index is 1020. The predicted octanol–water partition coefficient (Wildman–Crippen LogP) is 3.04. The number of amides is 2. The lowest BCUT2D eigenvalue weighted by atomic mass is 10.0. The molecule has 0 bridgehead atoms. The van der Waals surface area contributed by atoms with Crippen molar-refractivity contribution in [2.24, 2.45) is 11.8 Å². The molecule has 0 aliphatic heterocycles. The summed E-state index contributed by atoms with van der Waals surface area (Å²) in [6.07, 6.45) is 3.78. The lowest BCUT2D eigenvalue weighted by molar-refractivity contribution is -0.124. The Labute approximate surface area is 178 Å². The zero-order valence-corrected chi connectivity index (χ0v) is 18.2. The standard InChI is InChI=1S/C23H28N2O4S/c1-3-24-23(27)19-9-8-16(14-19)15-25-22(26)18-12-10-17(11-13-18)20-6-4-5-7-21(20)30(2,28)29/h4-7,10-13,16,19H,3,8-9,14-15H2,1-2H3,(H,24,27)(H,25,26)/t16-,19+/m1/s1. The van der Waals surface area contributed by atoms with Gasteiger partial charge < -0.3 is 10.6 Å². The van der Waals surface area contributed by atoms with E-state index in [0.717, 1.165) is 24.8 Å². The highest BCUT2D eigenvalue weighted by molar-refractivity contribution is 7.90. The quantitative estimate of drug-likeness (QED) is 0.709. The zero-order valence-electron chi connectivity index (χ0n) is 17.4. The van der Waals surface area contributed by atoms with E-state index in [2.05, 4.69) is 10.6 Å². The minimum atomic E-state index is -3.35. The van der Waals surface area contributed by atoms with Crippen molar-refractivity contribution < 1.29 is 18.0 Å². The maximum absolute atomic E-state index is 12.5. The zero-order chi connectivity index (χ0) is 21.7. The van der Waals surface area contributed by atoms with Crippen molar-refractivity contribution in [2.45, 2.75) is 31.1 Å². The molecule has 0 radical (unpaired) electrons. The number of carbonyl (C=O) groups excluding carboxylic acids is 2. The molecule has 2 aromatic rings. The van der Waals surface area contributed by atoms with Crippen molar-refractivity contribution in [2.75, 3.05) is 19.3 Å². The van der Waals surface area contributed by atoms with E-state index in [1.165, 1.54) is 6.26 Å². The minimum absolute atomic E-state index is 0.0426. The van der Waals surface area contributed by atoms with Crippen LogP contribution in [0.4, 0.5) is 0 Å². The summed E-state index contributed by atoms with van der Waals surface area (Å²) in [5, 5.41) is 5.83. The van der Waals surface area contributed by atoms with Crippen molar-refractivity contribution in [3.05, 3.63) is 54.1 Å². The van der Waals surface area contributed by atoms with E-state index in [-0.39, 0.29) is 22.6 Å². The second kappa shape index (κ2) is 9.43. The molecule has 6 nitrogen and oxygen atoms in total. The molecule has 1 aliphatic rings. The lowest BCUT2D eigenvalue weighted by Crippen LogP contribution is -2.31. The molecule has 0 saturated heterocycles. The highest BCUT2D eigenvalue weighted by Gasteiger charge is 2.29. The van der Waals surface area contributed by atoms with Crippen molar-refractivity contribution in [3.63, 3.8) is 0 Å². The van der Waals surface area contributed by atoms with Gasteiger partial charge in [-0.3, -0.25) is 9.59 Å². The smallest absolute Gasteiger partial charge is 0.251 e. The summed E-state index contributed by atoms with van der Waals surface area (Å²) in [7, 11) is -3.35. The van der Waals surface area contributed by atoms with Crippen LogP contribution in [0.1, 0.15) is 36.5 Å². The number of hydrogen-bond acceptors (Lipinski definition) is 4. The van der Waals surface area contributed by atoms with E-state index >= 15 is 0 Å². The molecule has 0 unspecified atom stereocenters. The Kier molecular flexibility index (Phi) is 6.92. The van der Waals surface area contributed by atoms with Crippen LogP contribution in [0.2, 0.25) is 0 Å². The Balaban J connectivity index is 1.61. The van der Waals surface area contributed by atoms with Gasteiger partial charge in [0.25, 0.3) is 5.91 Å². The van der Waals surface area contributed by atoms with Gasteiger partial charge in [-0.25, -0.2) is 8.42 Å². The van der Waals surface area contributed by atoms with Gasteiger partial charge in [0, 0.05) is 36.4 Å². The van der Waals surface area contributed by atoms with Crippen LogP contribution in [0, 0.1) is 11.8 Å². The molecule has 160 valence electrons. The Morgan fingerprint density at radius 1 is 1.00 bits per heavy atom. The molecular weight excluding hydrogens is 400 g/mol. The van der Waals surface area contributed by atoms with Crippen LogP contribution < -0.4 is 10.6 Å². The van der Waals surface area contributed by atoms with E-state index in [1.54, 1.807) is 48.5 Å². The average molecular weight is 429 g/mol. The summed E-state index contributed by atoms with van der Waals surface area (Å²) < 4.78 is 24.1. The predicted molar refractivity (Wildman–Crippen MR) is 117 cm³/mol. The number of hydrogen-bond donors (Lipinski definition) is 2. The molecule has 1 aliphatic carbocycles. The van der Waals surface area contributed by atoms with Gasteiger partial charge in [0.15, 0.2) is 9.84 Å². The number of benzene rings is 2. The van der Waals surface area contributed by atoms with Gasteiger partial charge >= 0.3 is 0 Å². The highest BCUT2D eigenvalue weighted by atomic mass is 32.2. The van der Waals surface area contributed by atoms with Gasteiger partial charge in [0.1, 0.15) is 0 Å². The minimum Gasteiger partial charge on any atom is -0.356 e. The van der Waals surface area contributed by atoms with Gasteiger partial charge in [-0.05, 0) is 55.9 Å². The molecule has 30 heavy (non-hydrogen) atoms. The molecular formula is C23H28N2O4S. The third kappa shape index (κ3) is 5.27. The summed E-state index contributed by atoms with van der Waals surface area (Å²) in [6, 6.07) is 13.8. The molecule has 3 rings (SSSR count). The van der Waals surface area contributed by atoms with E-state index in [0.29, 0.717) is 30.1 Å². The molecule has 2 atom stereocenters. The van der Waals surface area contributed by atoms with E-state index < -0.39 is 9.84 Å². The molecule has 7 heteroatoms. The van der Waals surface area contributed by atoms with Gasteiger partial charge in [-0.1, -0.05) is 30.3 Å². The first-order valence-electron chi connectivity index (χ1n) is 10.2. The van der Waals surface area contributed by atoms with Crippen LogP contribution in [-0.4, -0.2) is 39.6 Å². The Hall–Kier alpha value is -2.67. The average Bonchev–Trinajstić information content (AvgIpc) is 3.21. The summed E-state index contributed by atoms with van der Waals surface area (Å²) in [6.45, 7) is 3.10. The van der Waals surface area contributed by atoms with Crippen molar-refractivity contribution in [1.82, 2.24) is 10.6 Å². The van der Waals surface area contributed by atoms with Gasteiger partial charge in [-0.15, -0.1) is 0 Å². The van der Waals surface area contributed by atoms with Crippen molar-refractivity contribution in [1.29, 1.82) is 0 Å². The Morgan fingerprint density at radius 3 is 2.37 bits per heavy atom. The number of rotatable bonds is 7. The summed E-state index contributed by atoms with van der Waals surface area (Å²) in [4.78, 5) is 24.7. The first-order valence-corrected chi connectivity index (χ1v) is 12.1. The van der Waals surface area contributed by atoms with Crippen LogP contribution in [0.5, 0.6) is 0 Å². The van der Waals surface area contributed by atoms with E-state index in [9.17, 15) is 18.0 Å². The third-order valence-corrected chi connectivity index (χ3v) is 6.71. The van der Waals surface area contributed by atoms with Gasteiger partial charge in [0.2, 0.25) is 5.91 Å². The molecule has 0 heterocycles. The fraction of sp³-hybridized carbons (Fsp3) is 0.391. The van der Waals surface area contributed by atoms with Crippen LogP contribution in [-0.2, 0) is 14.6 Å². The number of nitrogens with one attached hydrogen (secondary N) is 2. The second-order valence-corrected chi connectivity index (χ2v) is 9.81. The first-order chi connectivity index (χ1) is 14.3. The number of carbonyl (C=O) groups is 2. The fourth-order valence-corrected chi connectivity index (χ4v) is 4.90. The molecule has 1 saturated carbocycles. The maximum Gasteiger partial charge on any atom is 0.251 e. The van der Waals surface area contributed by atoms with Crippen molar-refractivity contribution in [3.8, 4) is 11.1 Å². The molecule has 2 amide bonds. The molecule has 0 aromatic heterocycles. The third-order valence-electron chi connectivity index (χ3n) is 5.56. The highest BCUT2D eigenvalue weighted by Crippen LogP contribution is 2.31. The lowest BCUT2D eigenvalue weighted by Gasteiger charge is -2.13. The number of sulfone groups is 1. The van der Waals surface area contributed by atoms with E-state index in [4.69, 9.17) is 0 Å². The summed E-state index contributed by atoms with van der Waals surface area (Å²) in [5.74, 6) is 0.291. The van der Waals surface area contributed by atoms with Crippen LogP contribution in [0.3, 0.4) is 0 Å². The maximum atomic E-state index is 12.5. The van der Waals surface area contributed by atoms with Crippen molar-refractivity contribution >= 4 is 21.7 Å². The summed E-state index contributed by atoms with van der Waals surface area (Å²) in [5.41, 5.74) is 1.89. The molecule has 0 spiro atoms. The Morgan fingerprint density at radius 2 is 1.70 bits per heavy atom.